The Morgan fingerprint density at radius 3 is 2.77 bits per heavy atom. The number of carbonyl (C=O) groups is 1. The van der Waals surface area contributed by atoms with Crippen LogP contribution in [0.2, 0.25) is 0 Å². The fraction of sp³-hybridized carbons (Fsp3) is 0.588. The molecular formula is C17H23FN2O2. The molecule has 1 atom stereocenters. The zero-order chi connectivity index (χ0) is 15.6. The van der Waals surface area contributed by atoms with E-state index in [2.05, 4.69) is 4.90 Å². The summed E-state index contributed by atoms with van der Waals surface area (Å²) in [6.45, 7) is 4.03. The van der Waals surface area contributed by atoms with Gasteiger partial charge in [-0.15, -0.1) is 0 Å². The Morgan fingerprint density at radius 2 is 2.00 bits per heavy atom. The summed E-state index contributed by atoms with van der Waals surface area (Å²) < 4.78 is 18.5. The highest BCUT2D eigenvalue weighted by molar-refractivity contribution is 5.83. The van der Waals surface area contributed by atoms with E-state index in [4.69, 9.17) is 4.74 Å². The maximum absolute atomic E-state index is 12.8. The molecule has 0 aromatic heterocycles. The SMILES string of the molecule is CN1CCC[C@]2(CCN(CCOc3ccc(F)cc3)C2)C1=O. The van der Waals surface area contributed by atoms with Crippen LogP contribution in [-0.2, 0) is 4.79 Å². The van der Waals surface area contributed by atoms with E-state index in [1.165, 1.54) is 12.1 Å². The highest BCUT2D eigenvalue weighted by Gasteiger charge is 2.47. The molecule has 1 amide bonds. The van der Waals surface area contributed by atoms with Crippen LogP contribution in [0.25, 0.3) is 0 Å². The molecule has 0 saturated carbocycles. The zero-order valence-corrected chi connectivity index (χ0v) is 13.1. The van der Waals surface area contributed by atoms with Gasteiger partial charge in [0, 0.05) is 26.7 Å². The Bertz CT molecular complexity index is 534. The van der Waals surface area contributed by atoms with Gasteiger partial charge in [0.15, 0.2) is 0 Å². The van der Waals surface area contributed by atoms with Gasteiger partial charge in [0.05, 0.1) is 5.41 Å². The van der Waals surface area contributed by atoms with Crippen LogP contribution in [0, 0.1) is 11.2 Å². The molecule has 2 heterocycles. The summed E-state index contributed by atoms with van der Waals surface area (Å²) in [7, 11) is 1.91. The highest BCUT2D eigenvalue weighted by Crippen LogP contribution is 2.39. The summed E-state index contributed by atoms with van der Waals surface area (Å²) in [5.41, 5.74) is -0.164. The van der Waals surface area contributed by atoms with Gasteiger partial charge in [0.2, 0.25) is 5.91 Å². The van der Waals surface area contributed by atoms with Crippen LogP contribution in [0.15, 0.2) is 24.3 Å². The minimum atomic E-state index is -0.256. The smallest absolute Gasteiger partial charge is 0.229 e. The number of piperidine rings is 1. The van der Waals surface area contributed by atoms with Crippen LogP contribution in [0.5, 0.6) is 5.75 Å². The Kier molecular flexibility index (Phi) is 4.34. The molecule has 2 saturated heterocycles. The molecule has 0 N–H and O–H groups in total. The van der Waals surface area contributed by atoms with Crippen LogP contribution >= 0.6 is 0 Å². The first-order valence-corrected chi connectivity index (χ1v) is 7.95. The number of halogens is 1. The highest BCUT2D eigenvalue weighted by atomic mass is 19.1. The number of amides is 1. The maximum atomic E-state index is 12.8. The van der Waals surface area contributed by atoms with E-state index >= 15 is 0 Å². The van der Waals surface area contributed by atoms with Crippen molar-refractivity contribution in [2.45, 2.75) is 19.3 Å². The summed E-state index contributed by atoms with van der Waals surface area (Å²) >= 11 is 0. The number of hydrogen-bond donors (Lipinski definition) is 0. The molecule has 3 rings (SSSR count). The van der Waals surface area contributed by atoms with E-state index < -0.39 is 0 Å². The number of hydrogen-bond acceptors (Lipinski definition) is 3. The molecule has 22 heavy (non-hydrogen) atoms. The molecule has 0 radical (unpaired) electrons. The molecule has 5 heteroatoms. The normalized spacial score (nSPS) is 25.9. The van der Waals surface area contributed by atoms with Gasteiger partial charge < -0.3 is 9.64 Å². The quantitative estimate of drug-likeness (QED) is 0.854. The Morgan fingerprint density at radius 1 is 1.23 bits per heavy atom. The zero-order valence-electron chi connectivity index (χ0n) is 13.1. The number of likely N-dealkylation sites (tertiary alicyclic amines) is 2. The number of carbonyl (C=O) groups excluding carboxylic acids is 1. The largest absolute Gasteiger partial charge is 0.492 e. The summed E-state index contributed by atoms with van der Waals surface area (Å²) in [4.78, 5) is 16.6. The Balaban J connectivity index is 1.49. The van der Waals surface area contributed by atoms with Gasteiger partial charge in [0.25, 0.3) is 0 Å². The minimum Gasteiger partial charge on any atom is -0.492 e. The van der Waals surface area contributed by atoms with Crippen LogP contribution < -0.4 is 4.74 Å². The van der Waals surface area contributed by atoms with Crippen molar-refractivity contribution in [2.75, 3.05) is 39.8 Å². The third kappa shape index (κ3) is 3.09. The third-order valence-corrected chi connectivity index (χ3v) is 4.87. The third-order valence-electron chi connectivity index (χ3n) is 4.87. The van der Waals surface area contributed by atoms with Gasteiger partial charge in [-0.05, 0) is 50.1 Å². The van der Waals surface area contributed by atoms with Crippen molar-refractivity contribution in [2.24, 2.45) is 5.41 Å². The van der Waals surface area contributed by atoms with Crippen molar-refractivity contribution >= 4 is 5.91 Å². The van der Waals surface area contributed by atoms with Crippen molar-refractivity contribution in [1.82, 2.24) is 9.80 Å². The lowest BCUT2D eigenvalue weighted by atomic mass is 9.78. The summed E-state index contributed by atoms with van der Waals surface area (Å²) in [6.07, 6.45) is 3.06. The van der Waals surface area contributed by atoms with Crippen LogP contribution in [-0.4, -0.2) is 55.5 Å². The predicted molar refractivity (Wildman–Crippen MR) is 82.3 cm³/mol. The molecule has 2 fully saturated rings. The van der Waals surface area contributed by atoms with E-state index in [0.717, 1.165) is 45.4 Å². The Hall–Kier alpha value is -1.62. The van der Waals surface area contributed by atoms with Gasteiger partial charge >= 0.3 is 0 Å². The number of nitrogens with zero attached hydrogens (tertiary/aromatic N) is 2. The van der Waals surface area contributed by atoms with Crippen LogP contribution in [0.1, 0.15) is 19.3 Å². The van der Waals surface area contributed by atoms with E-state index in [1.807, 2.05) is 11.9 Å². The molecule has 1 aromatic rings. The second-order valence-electron chi connectivity index (χ2n) is 6.44. The van der Waals surface area contributed by atoms with E-state index in [1.54, 1.807) is 12.1 Å². The topological polar surface area (TPSA) is 32.8 Å². The first-order chi connectivity index (χ1) is 10.6. The second kappa shape index (κ2) is 6.24. The standard InChI is InChI=1S/C17H23FN2O2/c1-19-9-2-7-17(16(19)21)8-10-20(13-17)11-12-22-15-5-3-14(18)4-6-15/h3-6H,2,7-13H2,1H3/t17-/m1/s1. The monoisotopic (exact) mass is 306 g/mol. The van der Waals surface area contributed by atoms with Crippen molar-refractivity contribution < 1.29 is 13.9 Å². The molecule has 2 aliphatic heterocycles. The lowest BCUT2D eigenvalue weighted by Gasteiger charge is -2.37. The molecule has 1 spiro atoms. The summed E-state index contributed by atoms with van der Waals surface area (Å²) in [6, 6.07) is 6.08. The fourth-order valence-corrected chi connectivity index (χ4v) is 3.62. The molecule has 0 bridgehead atoms. The maximum Gasteiger partial charge on any atom is 0.229 e. The molecule has 2 aliphatic rings. The summed E-state index contributed by atoms with van der Waals surface area (Å²) in [5, 5.41) is 0. The fourth-order valence-electron chi connectivity index (χ4n) is 3.62. The number of benzene rings is 1. The first kappa shape index (κ1) is 15.3. The van der Waals surface area contributed by atoms with Gasteiger partial charge in [-0.25, -0.2) is 4.39 Å². The van der Waals surface area contributed by atoms with Crippen molar-refractivity contribution in [1.29, 1.82) is 0 Å². The second-order valence-corrected chi connectivity index (χ2v) is 6.44. The van der Waals surface area contributed by atoms with Gasteiger partial charge in [-0.2, -0.15) is 0 Å². The summed E-state index contributed by atoms with van der Waals surface area (Å²) in [5.74, 6) is 0.734. The number of rotatable bonds is 4. The van der Waals surface area contributed by atoms with Crippen LogP contribution in [0.4, 0.5) is 4.39 Å². The van der Waals surface area contributed by atoms with Gasteiger partial charge in [-0.1, -0.05) is 0 Å². The molecular weight excluding hydrogens is 283 g/mol. The van der Waals surface area contributed by atoms with E-state index in [9.17, 15) is 9.18 Å². The lowest BCUT2D eigenvalue weighted by molar-refractivity contribution is -0.143. The van der Waals surface area contributed by atoms with E-state index in [-0.39, 0.29) is 11.2 Å². The first-order valence-electron chi connectivity index (χ1n) is 7.95. The van der Waals surface area contributed by atoms with E-state index in [0.29, 0.717) is 18.3 Å². The Labute approximate surface area is 130 Å². The average Bonchev–Trinajstić information content (AvgIpc) is 2.91. The predicted octanol–water partition coefficient (Wildman–Crippen LogP) is 2.15. The van der Waals surface area contributed by atoms with Gasteiger partial charge in [0.1, 0.15) is 18.2 Å². The van der Waals surface area contributed by atoms with Crippen LogP contribution in [0.3, 0.4) is 0 Å². The molecule has 120 valence electrons. The van der Waals surface area contributed by atoms with Crippen molar-refractivity contribution in [3.8, 4) is 5.75 Å². The molecule has 1 aromatic carbocycles. The average molecular weight is 306 g/mol. The molecule has 0 aliphatic carbocycles. The number of ether oxygens (including phenoxy) is 1. The van der Waals surface area contributed by atoms with Gasteiger partial charge in [-0.3, -0.25) is 9.69 Å². The lowest BCUT2D eigenvalue weighted by Crippen LogP contribution is -2.48. The molecule has 0 unspecified atom stereocenters. The van der Waals surface area contributed by atoms with Crippen molar-refractivity contribution in [3.63, 3.8) is 0 Å². The van der Waals surface area contributed by atoms with Crippen molar-refractivity contribution in [3.05, 3.63) is 30.1 Å². The molecule has 4 nitrogen and oxygen atoms in total. The minimum absolute atomic E-state index is 0.164.